The molecule has 116 valence electrons. The number of halogens is 3. The van der Waals surface area contributed by atoms with E-state index in [0.717, 1.165) is 4.90 Å². The van der Waals surface area contributed by atoms with Gasteiger partial charge in [0.2, 0.25) is 5.89 Å². The lowest BCUT2D eigenvalue weighted by Gasteiger charge is -2.20. The van der Waals surface area contributed by atoms with Gasteiger partial charge in [-0.25, -0.2) is 9.59 Å². The molecule has 21 heavy (non-hydrogen) atoms. The van der Waals surface area contributed by atoms with Gasteiger partial charge in [0.05, 0.1) is 6.54 Å². The zero-order valence-electron chi connectivity index (χ0n) is 10.6. The van der Waals surface area contributed by atoms with Crippen LogP contribution < -0.4 is 5.73 Å². The Labute approximate surface area is 116 Å². The third kappa shape index (κ3) is 3.29. The molecule has 0 spiro atoms. The molecule has 8 nitrogen and oxygen atoms in total. The Morgan fingerprint density at radius 2 is 2.19 bits per heavy atom. The first-order valence-electron chi connectivity index (χ1n) is 5.95. The summed E-state index contributed by atoms with van der Waals surface area (Å²) in [5.74, 6) is -2.31. The highest BCUT2D eigenvalue weighted by molar-refractivity contribution is 5.87. The second-order valence-corrected chi connectivity index (χ2v) is 4.26. The minimum atomic E-state index is -5.23. The minimum absolute atomic E-state index is 0.0211. The lowest BCUT2D eigenvalue weighted by molar-refractivity contribution is -0.193. The Morgan fingerprint density at radius 3 is 2.76 bits per heavy atom. The fraction of sp³-hybridized carbons (Fsp3) is 0.600. The molecule has 0 bridgehead atoms. The van der Waals surface area contributed by atoms with Crippen LogP contribution in [0.4, 0.5) is 18.0 Å². The number of hydrogen-bond acceptors (Lipinski definition) is 7. The van der Waals surface area contributed by atoms with E-state index in [9.17, 15) is 22.8 Å². The highest BCUT2D eigenvalue weighted by Crippen LogP contribution is 2.31. The van der Waals surface area contributed by atoms with Gasteiger partial charge in [-0.15, -0.1) is 0 Å². The van der Waals surface area contributed by atoms with Gasteiger partial charge >= 0.3 is 18.2 Å². The number of amides is 1. The molecule has 1 saturated heterocycles. The second kappa shape index (κ2) is 5.68. The average Bonchev–Trinajstić information content (AvgIpc) is 3.05. The van der Waals surface area contributed by atoms with Crippen molar-refractivity contribution in [3.8, 4) is 0 Å². The number of aromatic nitrogens is 2. The summed E-state index contributed by atoms with van der Waals surface area (Å²) in [6.45, 7) is 0.141. The van der Waals surface area contributed by atoms with E-state index in [4.69, 9.17) is 10.3 Å². The van der Waals surface area contributed by atoms with E-state index in [1.807, 2.05) is 0 Å². The first-order valence-corrected chi connectivity index (χ1v) is 5.95. The van der Waals surface area contributed by atoms with Gasteiger partial charge < -0.3 is 15.0 Å². The number of hydrogen-bond donors (Lipinski definition) is 1. The topological polar surface area (TPSA) is 112 Å². The lowest BCUT2D eigenvalue weighted by atomic mass is 10.2. The van der Waals surface area contributed by atoms with Gasteiger partial charge in [0, 0.05) is 6.54 Å². The molecule has 0 saturated carbocycles. The van der Waals surface area contributed by atoms with E-state index in [1.54, 1.807) is 0 Å². The molecule has 0 unspecified atom stereocenters. The van der Waals surface area contributed by atoms with Crippen molar-refractivity contribution >= 4 is 12.1 Å². The predicted molar refractivity (Wildman–Crippen MR) is 58.4 cm³/mol. The molecule has 2 heterocycles. The minimum Gasteiger partial charge on any atom is -0.369 e. The maximum atomic E-state index is 12.1. The zero-order valence-corrected chi connectivity index (χ0v) is 10.6. The maximum Gasteiger partial charge on any atom is 0.491 e. The smallest absolute Gasteiger partial charge is 0.369 e. The van der Waals surface area contributed by atoms with Crippen LogP contribution >= 0.6 is 0 Å². The molecule has 0 aliphatic carbocycles. The van der Waals surface area contributed by atoms with E-state index in [2.05, 4.69) is 14.9 Å². The van der Waals surface area contributed by atoms with Crippen LogP contribution in [-0.4, -0.2) is 39.8 Å². The van der Waals surface area contributed by atoms with Crippen LogP contribution in [0.2, 0.25) is 0 Å². The molecule has 0 aromatic carbocycles. The molecule has 1 aromatic rings. The van der Waals surface area contributed by atoms with Crippen LogP contribution in [0.1, 0.15) is 30.6 Å². The quantitative estimate of drug-likeness (QED) is 0.638. The van der Waals surface area contributed by atoms with E-state index < -0.39 is 24.3 Å². The number of carbonyl (C=O) groups excluding carboxylic acids is 2. The van der Waals surface area contributed by atoms with Gasteiger partial charge in [-0.2, -0.15) is 18.2 Å². The van der Waals surface area contributed by atoms with E-state index >= 15 is 0 Å². The van der Waals surface area contributed by atoms with Crippen LogP contribution in [0.15, 0.2) is 4.52 Å². The van der Waals surface area contributed by atoms with Crippen molar-refractivity contribution in [3.05, 3.63) is 11.7 Å². The summed E-state index contributed by atoms with van der Waals surface area (Å²) in [5.41, 5.74) is 5.31. The van der Waals surface area contributed by atoms with E-state index in [0.29, 0.717) is 12.8 Å². The number of ether oxygens (including phenoxy) is 1. The number of esters is 1. The lowest BCUT2D eigenvalue weighted by Crippen LogP contribution is -2.36. The van der Waals surface area contributed by atoms with Gasteiger partial charge in [-0.1, -0.05) is 5.16 Å². The Kier molecular flexibility index (Phi) is 4.11. The summed E-state index contributed by atoms with van der Waals surface area (Å²) in [7, 11) is 0. The first kappa shape index (κ1) is 15.2. The number of rotatable bonds is 2. The Morgan fingerprint density at radius 1 is 1.48 bits per heavy atom. The number of alkyl halides is 3. The molecule has 1 atom stereocenters. The number of nitrogens with zero attached hydrogens (tertiary/aromatic N) is 3. The third-order valence-electron chi connectivity index (χ3n) is 2.85. The number of likely N-dealkylation sites (tertiary alicyclic amines) is 1. The van der Waals surface area contributed by atoms with Gasteiger partial charge in [0.25, 0.3) is 0 Å². The highest BCUT2D eigenvalue weighted by atomic mass is 19.4. The maximum absolute atomic E-state index is 12.1. The Balaban J connectivity index is 2.08. The normalized spacial score (nSPS) is 18.9. The van der Waals surface area contributed by atoms with Crippen LogP contribution in [0.25, 0.3) is 0 Å². The van der Waals surface area contributed by atoms with Crippen LogP contribution in [0, 0.1) is 0 Å². The summed E-state index contributed by atoms with van der Waals surface area (Å²) in [4.78, 5) is 27.1. The SMILES string of the molecule is NCc1noc([C@H]2CCCN2C(=O)OC(=O)C(F)(F)F)n1. The van der Waals surface area contributed by atoms with Crippen molar-refractivity contribution < 1.29 is 32.0 Å². The number of carbonyl (C=O) groups is 2. The van der Waals surface area contributed by atoms with Gasteiger partial charge in [-0.3, -0.25) is 4.90 Å². The van der Waals surface area contributed by atoms with Crippen molar-refractivity contribution in [1.29, 1.82) is 0 Å². The second-order valence-electron chi connectivity index (χ2n) is 4.26. The fourth-order valence-corrected chi connectivity index (χ4v) is 1.92. The summed E-state index contributed by atoms with van der Waals surface area (Å²) >= 11 is 0. The summed E-state index contributed by atoms with van der Waals surface area (Å²) in [6, 6.07) is -0.730. The fourth-order valence-electron chi connectivity index (χ4n) is 1.92. The monoisotopic (exact) mass is 308 g/mol. The zero-order chi connectivity index (χ0) is 15.6. The molecule has 2 N–H and O–H groups in total. The van der Waals surface area contributed by atoms with E-state index in [1.165, 1.54) is 0 Å². The van der Waals surface area contributed by atoms with Crippen LogP contribution in [0.3, 0.4) is 0 Å². The summed E-state index contributed by atoms with van der Waals surface area (Å²) in [5, 5.41) is 3.54. The molecular formula is C10H11F3N4O4. The molecular weight excluding hydrogens is 297 g/mol. The van der Waals surface area contributed by atoms with Crippen LogP contribution in [-0.2, 0) is 16.1 Å². The molecule has 2 rings (SSSR count). The molecule has 1 aromatic heterocycles. The number of nitrogens with two attached hydrogens (primary N) is 1. The van der Waals surface area contributed by atoms with Crippen molar-refractivity contribution in [2.45, 2.75) is 31.6 Å². The van der Waals surface area contributed by atoms with Crippen molar-refractivity contribution in [2.24, 2.45) is 5.73 Å². The van der Waals surface area contributed by atoms with Crippen molar-refractivity contribution in [3.63, 3.8) is 0 Å². The van der Waals surface area contributed by atoms with Crippen LogP contribution in [0.5, 0.6) is 0 Å². The molecule has 1 aliphatic heterocycles. The van der Waals surface area contributed by atoms with Gasteiger partial charge in [0.15, 0.2) is 5.82 Å². The molecule has 1 fully saturated rings. The largest absolute Gasteiger partial charge is 0.491 e. The van der Waals surface area contributed by atoms with E-state index in [-0.39, 0.29) is 24.8 Å². The van der Waals surface area contributed by atoms with Crippen molar-refractivity contribution in [2.75, 3.05) is 6.54 Å². The molecule has 0 radical (unpaired) electrons. The average molecular weight is 308 g/mol. The first-order chi connectivity index (χ1) is 9.82. The Bertz CT molecular complexity index is 545. The van der Waals surface area contributed by atoms with Crippen molar-refractivity contribution in [1.82, 2.24) is 15.0 Å². The Hall–Kier alpha value is -2.17. The molecule has 1 aliphatic rings. The molecule has 11 heteroatoms. The predicted octanol–water partition coefficient (Wildman–Crippen LogP) is 0.891. The highest BCUT2D eigenvalue weighted by Gasteiger charge is 2.45. The van der Waals surface area contributed by atoms with Gasteiger partial charge in [0.1, 0.15) is 6.04 Å². The third-order valence-corrected chi connectivity index (χ3v) is 2.85. The summed E-state index contributed by atoms with van der Waals surface area (Å²) in [6.07, 6.45) is -5.73. The standard InChI is InChI=1S/C10H11F3N4O4/c11-10(12,13)8(18)20-9(19)17-3-1-2-5(17)7-15-6(4-14)16-21-7/h5H,1-4,14H2/t5-/m1/s1. The van der Waals surface area contributed by atoms with Gasteiger partial charge in [-0.05, 0) is 12.8 Å². The summed E-state index contributed by atoms with van der Waals surface area (Å²) < 4.78 is 44.9. The molecule has 1 amide bonds.